The highest BCUT2D eigenvalue weighted by atomic mass is 19.4. The van der Waals surface area contributed by atoms with E-state index in [0.717, 1.165) is 19.3 Å². The molecule has 1 aromatic rings. The molecule has 0 spiro atoms. The van der Waals surface area contributed by atoms with Gasteiger partial charge in [-0.1, -0.05) is 6.92 Å². The maximum atomic E-state index is 12.9. The molecule has 1 saturated carbocycles. The molecule has 3 nitrogen and oxygen atoms in total. The molecule has 100 valence electrons. The van der Waals surface area contributed by atoms with Gasteiger partial charge in [0, 0.05) is 24.2 Å². The number of hydrogen-bond donors (Lipinski definition) is 1. The third-order valence-electron chi connectivity index (χ3n) is 2.84. The number of halogens is 3. The van der Waals surface area contributed by atoms with E-state index in [1.54, 1.807) is 0 Å². The van der Waals surface area contributed by atoms with Crippen LogP contribution in [0.5, 0.6) is 0 Å². The monoisotopic (exact) mass is 259 g/mol. The molecule has 1 aliphatic carbocycles. The Morgan fingerprint density at radius 1 is 1.39 bits per heavy atom. The smallest absolute Gasteiger partial charge is 0.313 e. The Bertz CT molecular complexity index is 414. The minimum atomic E-state index is -4.41. The van der Waals surface area contributed by atoms with Crippen LogP contribution in [0.2, 0.25) is 0 Å². The van der Waals surface area contributed by atoms with Crippen LogP contribution in [-0.4, -0.2) is 16.5 Å². The van der Waals surface area contributed by atoms with Crippen LogP contribution in [0.4, 0.5) is 13.2 Å². The molecule has 1 aromatic heterocycles. The summed E-state index contributed by atoms with van der Waals surface area (Å²) in [5.74, 6) is 0.463. The largest absolute Gasteiger partial charge is 0.433 e. The van der Waals surface area contributed by atoms with Gasteiger partial charge in [-0.3, -0.25) is 0 Å². The van der Waals surface area contributed by atoms with Crippen molar-refractivity contribution in [3.63, 3.8) is 0 Å². The Balaban J connectivity index is 2.21. The lowest BCUT2D eigenvalue weighted by atomic mass is 10.2. The molecule has 0 atom stereocenters. The van der Waals surface area contributed by atoms with E-state index in [1.165, 1.54) is 6.20 Å². The molecule has 0 bridgehead atoms. The lowest BCUT2D eigenvalue weighted by Gasteiger charge is -2.13. The van der Waals surface area contributed by atoms with Gasteiger partial charge < -0.3 is 5.32 Å². The summed E-state index contributed by atoms with van der Waals surface area (Å²) in [6.45, 7) is 2.81. The molecule has 2 rings (SSSR count). The molecule has 1 heterocycles. The molecule has 0 unspecified atom stereocenters. The van der Waals surface area contributed by atoms with Gasteiger partial charge in [0.05, 0.1) is 0 Å². The maximum Gasteiger partial charge on any atom is 0.433 e. The van der Waals surface area contributed by atoms with Gasteiger partial charge >= 0.3 is 6.18 Å². The van der Waals surface area contributed by atoms with Gasteiger partial charge in [0.25, 0.3) is 0 Å². The molecule has 18 heavy (non-hydrogen) atoms. The van der Waals surface area contributed by atoms with Gasteiger partial charge in [-0.15, -0.1) is 0 Å². The first-order valence-corrected chi connectivity index (χ1v) is 6.16. The van der Waals surface area contributed by atoms with Gasteiger partial charge in [0.15, 0.2) is 5.69 Å². The predicted molar refractivity (Wildman–Crippen MR) is 61.0 cm³/mol. The molecule has 1 N–H and O–H groups in total. The number of hydrogen-bond acceptors (Lipinski definition) is 3. The third-order valence-corrected chi connectivity index (χ3v) is 2.84. The van der Waals surface area contributed by atoms with Crippen LogP contribution >= 0.6 is 0 Å². The fourth-order valence-electron chi connectivity index (χ4n) is 1.73. The van der Waals surface area contributed by atoms with Crippen molar-refractivity contribution in [3.8, 4) is 0 Å². The van der Waals surface area contributed by atoms with Crippen LogP contribution in [-0.2, 0) is 12.7 Å². The Hall–Kier alpha value is -1.17. The van der Waals surface area contributed by atoms with Crippen LogP contribution in [0.15, 0.2) is 6.20 Å². The highest BCUT2D eigenvalue weighted by Gasteiger charge is 2.37. The lowest BCUT2D eigenvalue weighted by Crippen LogP contribution is -2.20. The molecular formula is C12H16F3N3. The second kappa shape index (κ2) is 5.22. The van der Waals surface area contributed by atoms with Crippen LogP contribution < -0.4 is 5.32 Å². The van der Waals surface area contributed by atoms with Gasteiger partial charge in [-0.2, -0.15) is 13.2 Å². The second-order valence-electron chi connectivity index (χ2n) is 4.55. The van der Waals surface area contributed by atoms with E-state index < -0.39 is 11.9 Å². The van der Waals surface area contributed by atoms with Crippen LogP contribution in [0, 0.1) is 0 Å². The van der Waals surface area contributed by atoms with Crippen LogP contribution in [0.1, 0.15) is 49.2 Å². The number of rotatable bonds is 5. The Morgan fingerprint density at radius 3 is 2.67 bits per heavy atom. The molecule has 1 aliphatic rings. The Labute approximate surface area is 104 Å². The summed E-state index contributed by atoms with van der Waals surface area (Å²) in [6, 6.07) is 0. The first-order chi connectivity index (χ1) is 8.52. The van der Waals surface area contributed by atoms with Crippen molar-refractivity contribution in [3.05, 3.63) is 23.3 Å². The lowest BCUT2D eigenvalue weighted by molar-refractivity contribution is -0.142. The summed E-state index contributed by atoms with van der Waals surface area (Å²) in [6.07, 6.45) is -0.431. The van der Waals surface area contributed by atoms with Crippen molar-refractivity contribution in [1.82, 2.24) is 15.3 Å². The van der Waals surface area contributed by atoms with Crippen molar-refractivity contribution in [1.29, 1.82) is 0 Å². The van der Waals surface area contributed by atoms with Crippen molar-refractivity contribution in [2.45, 2.75) is 44.8 Å². The predicted octanol–water partition coefficient (Wildman–Crippen LogP) is 2.87. The minimum Gasteiger partial charge on any atom is -0.313 e. The molecule has 0 saturated heterocycles. The van der Waals surface area contributed by atoms with Crippen LogP contribution in [0.3, 0.4) is 0 Å². The summed E-state index contributed by atoms with van der Waals surface area (Å²) < 4.78 is 38.7. The van der Waals surface area contributed by atoms with Crippen molar-refractivity contribution in [2.75, 3.05) is 6.54 Å². The summed E-state index contributed by atoms with van der Waals surface area (Å²) in [5, 5.41) is 2.95. The maximum absolute atomic E-state index is 12.9. The van der Waals surface area contributed by atoms with E-state index in [4.69, 9.17) is 0 Å². The van der Waals surface area contributed by atoms with Crippen molar-refractivity contribution in [2.24, 2.45) is 0 Å². The van der Waals surface area contributed by atoms with E-state index in [9.17, 15) is 13.2 Å². The molecular weight excluding hydrogens is 243 g/mol. The van der Waals surface area contributed by atoms with E-state index in [1.807, 2.05) is 6.92 Å². The molecule has 1 fully saturated rings. The highest BCUT2D eigenvalue weighted by Crippen LogP contribution is 2.39. The fraction of sp³-hybridized carbons (Fsp3) is 0.667. The van der Waals surface area contributed by atoms with Gasteiger partial charge in [-0.05, 0) is 25.8 Å². The summed E-state index contributed by atoms with van der Waals surface area (Å²) in [4.78, 5) is 7.75. The number of alkyl halides is 3. The molecule has 0 radical (unpaired) electrons. The second-order valence-corrected chi connectivity index (χ2v) is 4.55. The summed E-state index contributed by atoms with van der Waals surface area (Å²) in [5.41, 5.74) is -0.664. The average molecular weight is 259 g/mol. The minimum absolute atomic E-state index is 0.125. The molecule has 0 aliphatic heterocycles. The molecule has 0 aromatic carbocycles. The van der Waals surface area contributed by atoms with Gasteiger partial charge in [-0.25, -0.2) is 9.97 Å². The topological polar surface area (TPSA) is 37.8 Å². The zero-order valence-electron chi connectivity index (χ0n) is 10.2. The summed E-state index contributed by atoms with van der Waals surface area (Å²) in [7, 11) is 0. The zero-order chi connectivity index (χ0) is 13.2. The number of nitrogens with one attached hydrogen (secondary N) is 1. The van der Waals surface area contributed by atoms with Gasteiger partial charge in [0.2, 0.25) is 0 Å². The van der Waals surface area contributed by atoms with Crippen molar-refractivity contribution >= 4 is 0 Å². The fourth-order valence-corrected chi connectivity index (χ4v) is 1.73. The SMILES string of the molecule is CCCNCc1cnc(C2CC2)nc1C(F)(F)F. The average Bonchev–Trinajstić information content (AvgIpc) is 3.12. The normalized spacial score (nSPS) is 16.0. The number of aromatic nitrogens is 2. The first kappa shape index (κ1) is 13.3. The standard InChI is InChI=1S/C12H16F3N3/c1-2-5-16-6-9-7-17-11(8-3-4-8)18-10(9)12(13,14)15/h7-8,16H,2-6H2,1H3. The quantitative estimate of drug-likeness (QED) is 0.826. The van der Waals surface area contributed by atoms with E-state index >= 15 is 0 Å². The van der Waals surface area contributed by atoms with E-state index in [0.29, 0.717) is 12.4 Å². The number of nitrogens with zero attached hydrogens (tertiary/aromatic N) is 2. The zero-order valence-corrected chi connectivity index (χ0v) is 10.2. The third kappa shape index (κ3) is 3.19. The van der Waals surface area contributed by atoms with E-state index in [-0.39, 0.29) is 18.0 Å². The van der Waals surface area contributed by atoms with E-state index in [2.05, 4.69) is 15.3 Å². The Kier molecular flexibility index (Phi) is 3.85. The van der Waals surface area contributed by atoms with Crippen molar-refractivity contribution < 1.29 is 13.2 Å². The molecule has 6 heteroatoms. The first-order valence-electron chi connectivity index (χ1n) is 6.16. The highest BCUT2D eigenvalue weighted by molar-refractivity contribution is 5.22. The Morgan fingerprint density at radius 2 is 2.11 bits per heavy atom. The molecule has 0 amide bonds. The summed E-state index contributed by atoms with van der Waals surface area (Å²) >= 11 is 0. The van der Waals surface area contributed by atoms with Crippen LogP contribution in [0.25, 0.3) is 0 Å². The van der Waals surface area contributed by atoms with Gasteiger partial charge in [0.1, 0.15) is 5.82 Å².